The molecule has 0 radical (unpaired) electrons. The largest absolute Gasteiger partial charge is 0.481 e. The number of hydrogen-bond acceptors (Lipinski definition) is 4. The number of carbonyl (C=O) groups is 1. The first-order chi connectivity index (χ1) is 7.11. The number of carboxylic acid groups (broad SMARTS) is 1. The van der Waals surface area contributed by atoms with E-state index in [0.29, 0.717) is 32.5 Å². The lowest BCUT2D eigenvalue weighted by Gasteiger charge is -2.23. The van der Waals surface area contributed by atoms with Crippen LogP contribution in [0.2, 0.25) is 0 Å². The third kappa shape index (κ3) is 7.30. The molecule has 0 aliphatic rings. The summed E-state index contributed by atoms with van der Waals surface area (Å²) in [6, 6.07) is 0. The number of hydrogen-bond donors (Lipinski definition) is 3. The standard InChI is InChI=1S/C10H21NO4/c1-9(10(14)15)8-11(4-2-6-12)5-3-7-13/h9,12-13H,2-8H2,1H3,(H,14,15). The second-order valence-corrected chi connectivity index (χ2v) is 3.69. The van der Waals surface area contributed by atoms with Crippen molar-refractivity contribution in [3.8, 4) is 0 Å². The van der Waals surface area contributed by atoms with Gasteiger partial charge in [-0.2, -0.15) is 0 Å². The molecule has 0 spiro atoms. The molecule has 0 amide bonds. The number of nitrogens with zero attached hydrogens (tertiary/aromatic N) is 1. The normalized spacial score (nSPS) is 13.1. The van der Waals surface area contributed by atoms with Crippen molar-refractivity contribution in [3.63, 3.8) is 0 Å². The van der Waals surface area contributed by atoms with Gasteiger partial charge in [0.2, 0.25) is 0 Å². The summed E-state index contributed by atoms with van der Waals surface area (Å²) in [5.74, 6) is -1.23. The van der Waals surface area contributed by atoms with Crippen LogP contribution in [0.4, 0.5) is 0 Å². The van der Waals surface area contributed by atoms with Gasteiger partial charge in [0, 0.05) is 32.8 Å². The van der Waals surface area contributed by atoms with E-state index in [9.17, 15) is 4.79 Å². The molecule has 0 aromatic rings. The molecule has 5 heteroatoms. The Morgan fingerprint density at radius 3 is 2.00 bits per heavy atom. The number of carboxylic acids is 1. The van der Waals surface area contributed by atoms with Gasteiger partial charge in [0.1, 0.15) is 0 Å². The second-order valence-electron chi connectivity index (χ2n) is 3.69. The van der Waals surface area contributed by atoms with Gasteiger partial charge >= 0.3 is 5.97 Å². The van der Waals surface area contributed by atoms with Crippen LogP contribution in [0.1, 0.15) is 19.8 Å². The molecule has 0 aromatic heterocycles. The molecule has 0 bridgehead atoms. The number of aliphatic hydroxyl groups excluding tert-OH is 2. The van der Waals surface area contributed by atoms with Gasteiger partial charge < -0.3 is 20.2 Å². The molecular weight excluding hydrogens is 198 g/mol. The molecule has 0 aliphatic heterocycles. The molecule has 0 heterocycles. The van der Waals surface area contributed by atoms with E-state index in [2.05, 4.69) is 0 Å². The van der Waals surface area contributed by atoms with Crippen LogP contribution >= 0.6 is 0 Å². The lowest BCUT2D eigenvalue weighted by Crippen LogP contribution is -2.34. The third-order valence-electron chi connectivity index (χ3n) is 2.22. The van der Waals surface area contributed by atoms with Gasteiger partial charge in [0.05, 0.1) is 5.92 Å². The van der Waals surface area contributed by atoms with Gasteiger partial charge in [-0.15, -0.1) is 0 Å². The Bertz CT molecular complexity index is 167. The van der Waals surface area contributed by atoms with Crippen LogP contribution < -0.4 is 0 Å². The predicted octanol–water partition coefficient (Wildman–Crippen LogP) is -0.226. The zero-order chi connectivity index (χ0) is 11.7. The summed E-state index contributed by atoms with van der Waals surface area (Å²) >= 11 is 0. The first-order valence-electron chi connectivity index (χ1n) is 5.28. The Morgan fingerprint density at radius 2 is 1.67 bits per heavy atom. The molecule has 0 aromatic carbocycles. The molecule has 90 valence electrons. The van der Waals surface area contributed by atoms with Crippen molar-refractivity contribution in [2.45, 2.75) is 19.8 Å². The summed E-state index contributed by atoms with van der Waals surface area (Å²) < 4.78 is 0. The van der Waals surface area contributed by atoms with Gasteiger partial charge in [0.15, 0.2) is 0 Å². The highest BCUT2D eigenvalue weighted by molar-refractivity contribution is 5.69. The predicted molar refractivity (Wildman–Crippen MR) is 56.6 cm³/mol. The Kier molecular flexibility index (Phi) is 8.27. The van der Waals surface area contributed by atoms with Crippen molar-refractivity contribution in [3.05, 3.63) is 0 Å². The Hall–Kier alpha value is -0.650. The quantitative estimate of drug-likeness (QED) is 0.499. The minimum atomic E-state index is -0.812. The molecule has 0 aliphatic carbocycles. The molecule has 15 heavy (non-hydrogen) atoms. The van der Waals surface area contributed by atoms with Crippen LogP contribution in [-0.2, 0) is 4.79 Å². The second kappa shape index (κ2) is 8.64. The van der Waals surface area contributed by atoms with E-state index in [0.717, 1.165) is 0 Å². The summed E-state index contributed by atoms with van der Waals surface area (Å²) in [6.07, 6.45) is 1.27. The monoisotopic (exact) mass is 219 g/mol. The fourth-order valence-electron chi connectivity index (χ4n) is 1.35. The van der Waals surface area contributed by atoms with Crippen LogP contribution in [0.15, 0.2) is 0 Å². The lowest BCUT2D eigenvalue weighted by atomic mass is 10.1. The topological polar surface area (TPSA) is 81.0 Å². The number of rotatable bonds is 9. The van der Waals surface area contributed by atoms with Gasteiger partial charge in [0.25, 0.3) is 0 Å². The average molecular weight is 219 g/mol. The minimum Gasteiger partial charge on any atom is -0.481 e. The highest BCUT2D eigenvalue weighted by Gasteiger charge is 2.15. The summed E-state index contributed by atoms with van der Waals surface area (Å²) in [5, 5.41) is 26.1. The van der Waals surface area contributed by atoms with Gasteiger partial charge in [-0.25, -0.2) is 0 Å². The van der Waals surface area contributed by atoms with E-state index >= 15 is 0 Å². The maximum Gasteiger partial charge on any atom is 0.307 e. The van der Waals surface area contributed by atoms with Gasteiger partial charge in [-0.1, -0.05) is 6.92 Å². The third-order valence-corrected chi connectivity index (χ3v) is 2.22. The lowest BCUT2D eigenvalue weighted by molar-refractivity contribution is -0.141. The van der Waals surface area contributed by atoms with Crippen molar-refractivity contribution in [1.82, 2.24) is 4.90 Å². The Labute approximate surface area is 90.3 Å². The van der Waals surface area contributed by atoms with E-state index < -0.39 is 11.9 Å². The van der Waals surface area contributed by atoms with E-state index in [1.54, 1.807) is 6.92 Å². The van der Waals surface area contributed by atoms with E-state index in [4.69, 9.17) is 15.3 Å². The molecular formula is C10H21NO4. The van der Waals surface area contributed by atoms with E-state index in [-0.39, 0.29) is 13.2 Å². The van der Waals surface area contributed by atoms with Crippen molar-refractivity contribution < 1.29 is 20.1 Å². The molecule has 1 unspecified atom stereocenters. The molecule has 3 N–H and O–H groups in total. The van der Waals surface area contributed by atoms with E-state index in [1.165, 1.54) is 0 Å². The van der Waals surface area contributed by atoms with Crippen LogP contribution in [0.3, 0.4) is 0 Å². The van der Waals surface area contributed by atoms with Crippen molar-refractivity contribution in [2.24, 2.45) is 5.92 Å². The van der Waals surface area contributed by atoms with Crippen molar-refractivity contribution in [2.75, 3.05) is 32.8 Å². The van der Waals surface area contributed by atoms with Crippen LogP contribution in [-0.4, -0.2) is 59.0 Å². The smallest absolute Gasteiger partial charge is 0.307 e. The van der Waals surface area contributed by atoms with Crippen LogP contribution in [0.5, 0.6) is 0 Å². The van der Waals surface area contributed by atoms with Crippen molar-refractivity contribution in [1.29, 1.82) is 0 Å². The average Bonchev–Trinajstić information content (AvgIpc) is 2.21. The molecule has 1 atom stereocenters. The maximum atomic E-state index is 10.7. The molecule has 0 rings (SSSR count). The highest BCUT2D eigenvalue weighted by atomic mass is 16.4. The fourth-order valence-corrected chi connectivity index (χ4v) is 1.35. The fraction of sp³-hybridized carbons (Fsp3) is 0.900. The summed E-state index contributed by atoms with van der Waals surface area (Å²) in [7, 11) is 0. The first kappa shape index (κ1) is 14.3. The molecule has 0 fully saturated rings. The van der Waals surface area contributed by atoms with Gasteiger partial charge in [-0.3, -0.25) is 4.79 Å². The Balaban J connectivity index is 3.92. The van der Waals surface area contributed by atoms with Crippen molar-refractivity contribution >= 4 is 5.97 Å². The van der Waals surface area contributed by atoms with Gasteiger partial charge in [-0.05, 0) is 12.8 Å². The van der Waals surface area contributed by atoms with E-state index in [1.807, 2.05) is 4.90 Å². The first-order valence-corrected chi connectivity index (χ1v) is 5.28. The summed E-state index contributed by atoms with van der Waals surface area (Å²) in [6.45, 7) is 3.69. The SMILES string of the molecule is CC(CN(CCCO)CCCO)C(=O)O. The van der Waals surface area contributed by atoms with Crippen LogP contribution in [0.25, 0.3) is 0 Å². The zero-order valence-electron chi connectivity index (χ0n) is 9.22. The molecule has 0 saturated carbocycles. The molecule has 0 saturated heterocycles. The summed E-state index contributed by atoms with van der Waals surface area (Å²) in [5.41, 5.74) is 0. The maximum absolute atomic E-state index is 10.7. The molecule has 5 nitrogen and oxygen atoms in total. The summed E-state index contributed by atoms with van der Waals surface area (Å²) in [4.78, 5) is 12.6. The Morgan fingerprint density at radius 1 is 1.20 bits per heavy atom. The number of aliphatic carboxylic acids is 1. The number of aliphatic hydroxyl groups is 2. The minimum absolute atomic E-state index is 0.108. The zero-order valence-corrected chi connectivity index (χ0v) is 9.22. The highest BCUT2D eigenvalue weighted by Crippen LogP contribution is 2.02. The van der Waals surface area contributed by atoms with Crippen LogP contribution in [0, 0.1) is 5.92 Å².